The number of hydrogen-bond donors (Lipinski definition) is 1. The van der Waals surface area contributed by atoms with Gasteiger partial charge in [0, 0.05) is 13.5 Å². The van der Waals surface area contributed by atoms with Crippen LogP contribution < -0.4 is 4.74 Å². The first-order valence-corrected chi connectivity index (χ1v) is 7.24. The Morgan fingerprint density at radius 3 is 2.55 bits per heavy atom. The van der Waals surface area contributed by atoms with Gasteiger partial charge in [0.1, 0.15) is 12.4 Å². The SMILES string of the molecule is C=CC(O)CC(COc1ccc(CCCC)cc1)OC. The van der Waals surface area contributed by atoms with E-state index in [0.29, 0.717) is 13.0 Å². The zero-order chi connectivity index (χ0) is 14.8. The summed E-state index contributed by atoms with van der Waals surface area (Å²) in [6.07, 6.45) is 4.85. The molecule has 0 fully saturated rings. The lowest BCUT2D eigenvalue weighted by atomic mass is 10.1. The van der Waals surface area contributed by atoms with Crippen molar-refractivity contribution in [3.05, 3.63) is 42.5 Å². The van der Waals surface area contributed by atoms with E-state index in [1.807, 2.05) is 12.1 Å². The minimum absolute atomic E-state index is 0.136. The predicted molar refractivity (Wildman–Crippen MR) is 82.2 cm³/mol. The van der Waals surface area contributed by atoms with E-state index in [-0.39, 0.29) is 6.10 Å². The third-order valence-corrected chi connectivity index (χ3v) is 3.29. The molecule has 1 N–H and O–H groups in total. The Morgan fingerprint density at radius 1 is 1.30 bits per heavy atom. The lowest BCUT2D eigenvalue weighted by Gasteiger charge is -2.18. The van der Waals surface area contributed by atoms with Gasteiger partial charge in [0.15, 0.2) is 0 Å². The molecule has 0 saturated heterocycles. The van der Waals surface area contributed by atoms with Crippen LogP contribution in [0.3, 0.4) is 0 Å². The van der Waals surface area contributed by atoms with Gasteiger partial charge in [-0.25, -0.2) is 0 Å². The molecular formula is C17H26O3. The molecule has 0 radical (unpaired) electrons. The number of benzene rings is 1. The van der Waals surface area contributed by atoms with Gasteiger partial charge in [0.25, 0.3) is 0 Å². The predicted octanol–water partition coefficient (Wildman–Crippen LogP) is 3.36. The standard InChI is InChI=1S/C17H26O3/c1-4-6-7-14-8-10-16(11-9-14)20-13-17(19-3)12-15(18)5-2/h5,8-11,15,17-18H,2,4,6-7,12-13H2,1,3H3. The summed E-state index contributed by atoms with van der Waals surface area (Å²) < 4.78 is 11.0. The fraction of sp³-hybridized carbons (Fsp3) is 0.529. The molecule has 0 aliphatic carbocycles. The van der Waals surface area contributed by atoms with Crippen LogP contribution in [0.25, 0.3) is 0 Å². The Morgan fingerprint density at radius 2 is 2.00 bits per heavy atom. The molecule has 0 heterocycles. The molecule has 1 rings (SSSR count). The van der Waals surface area contributed by atoms with Gasteiger partial charge < -0.3 is 14.6 Å². The normalized spacial score (nSPS) is 13.8. The molecule has 0 aromatic heterocycles. The summed E-state index contributed by atoms with van der Waals surface area (Å²) >= 11 is 0. The summed E-state index contributed by atoms with van der Waals surface area (Å²) in [4.78, 5) is 0. The van der Waals surface area contributed by atoms with E-state index in [1.165, 1.54) is 24.5 Å². The van der Waals surface area contributed by atoms with Gasteiger partial charge in [-0.3, -0.25) is 0 Å². The van der Waals surface area contributed by atoms with E-state index in [4.69, 9.17) is 9.47 Å². The number of ether oxygens (including phenoxy) is 2. The molecule has 0 aliphatic rings. The first kappa shape index (κ1) is 16.7. The molecule has 0 saturated carbocycles. The molecule has 2 atom stereocenters. The van der Waals surface area contributed by atoms with Gasteiger partial charge >= 0.3 is 0 Å². The molecule has 0 spiro atoms. The van der Waals surface area contributed by atoms with Gasteiger partial charge in [-0.15, -0.1) is 6.58 Å². The van der Waals surface area contributed by atoms with Crippen molar-refractivity contribution in [3.8, 4) is 5.75 Å². The van der Waals surface area contributed by atoms with Gasteiger partial charge in [0.2, 0.25) is 0 Å². The third-order valence-electron chi connectivity index (χ3n) is 3.29. The van der Waals surface area contributed by atoms with Crippen LogP contribution >= 0.6 is 0 Å². The molecule has 3 nitrogen and oxygen atoms in total. The van der Waals surface area contributed by atoms with Crippen molar-refractivity contribution in [2.45, 2.75) is 44.8 Å². The smallest absolute Gasteiger partial charge is 0.119 e. The van der Waals surface area contributed by atoms with Crippen molar-refractivity contribution in [1.29, 1.82) is 0 Å². The second-order valence-corrected chi connectivity index (χ2v) is 4.95. The maximum absolute atomic E-state index is 9.52. The van der Waals surface area contributed by atoms with Crippen LogP contribution in [0, 0.1) is 0 Å². The van der Waals surface area contributed by atoms with Crippen molar-refractivity contribution >= 4 is 0 Å². The lowest BCUT2D eigenvalue weighted by Crippen LogP contribution is -2.25. The third kappa shape index (κ3) is 6.22. The summed E-state index contributed by atoms with van der Waals surface area (Å²) in [5.41, 5.74) is 1.34. The molecule has 0 aliphatic heterocycles. The second kappa shape index (κ2) is 9.56. The van der Waals surface area contributed by atoms with E-state index in [0.717, 1.165) is 12.2 Å². The number of methoxy groups -OCH3 is 1. The van der Waals surface area contributed by atoms with Crippen LogP contribution in [0.1, 0.15) is 31.7 Å². The van der Waals surface area contributed by atoms with Crippen LogP contribution in [0.2, 0.25) is 0 Å². The molecule has 0 bridgehead atoms. The topological polar surface area (TPSA) is 38.7 Å². The molecule has 0 amide bonds. The Labute approximate surface area is 122 Å². The number of unbranched alkanes of at least 4 members (excludes halogenated alkanes) is 1. The average Bonchev–Trinajstić information content (AvgIpc) is 2.50. The van der Waals surface area contributed by atoms with Crippen LogP contribution in [0.5, 0.6) is 5.75 Å². The first-order valence-electron chi connectivity index (χ1n) is 7.24. The number of rotatable bonds is 10. The number of aryl methyl sites for hydroxylation is 1. The summed E-state index contributed by atoms with van der Waals surface area (Å²) in [7, 11) is 1.62. The zero-order valence-electron chi connectivity index (χ0n) is 12.5. The Hall–Kier alpha value is -1.32. The molecule has 1 aromatic rings. The summed E-state index contributed by atoms with van der Waals surface area (Å²) in [5.74, 6) is 0.834. The highest BCUT2D eigenvalue weighted by molar-refractivity contribution is 5.27. The van der Waals surface area contributed by atoms with Crippen molar-refractivity contribution < 1.29 is 14.6 Å². The Balaban J connectivity index is 2.41. The number of hydrogen-bond acceptors (Lipinski definition) is 3. The lowest BCUT2D eigenvalue weighted by molar-refractivity contribution is 0.0270. The van der Waals surface area contributed by atoms with Gasteiger partial charge in [-0.1, -0.05) is 31.6 Å². The van der Waals surface area contributed by atoms with Crippen LogP contribution in [0.4, 0.5) is 0 Å². The van der Waals surface area contributed by atoms with E-state index >= 15 is 0 Å². The van der Waals surface area contributed by atoms with Crippen LogP contribution in [-0.4, -0.2) is 31.0 Å². The first-order chi connectivity index (χ1) is 9.69. The average molecular weight is 278 g/mol. The minimum atomic E-state index is -0.556. The molecule has 20 heavy (non-hydrogen) atoms. The molecule has 2 unspecified atom stereocenters. The Bertz CT molecular complexity index is 372. The molecule has 3 heteroatoms. The van der Waals surface area contributed by atoms with Crippen LogP contribution in [-0.2, 0) is 11.2 Å². The summed E-state index contributed by atoms with van der Waals surface area (Å²) in [6.45, 7) is 6.17. The Kier molecular flexibility index (Phi) is 8.00. The van der Waals surface area contributed by atoms with Gasteiger partial charge in [-0.05, 0) is 30.5 Å². The summed E-state index contributed by atoms with van der Waals surface area (Å²) in [6, 6.07) is 8.18. The van der Waals surface area contributed by atoms with Crippen molar-refractivity contribution in [3.63, 3.8) is 0 Å². The van der Waals surface area contributed by atoms with E-state index in [1.54, 1.807) is 7.11 Å². The maximum atomic E-state index is 9.52. The highest BCUT2D eigenvalue weighted by Gasteiger charge is 2.12. The number of aliphatic hydroxyl groups excluding tert-OH is 1. The van der Waals surface area contributed by atoms with Crippen molar-refractivity contribution in [2.75, 3.05) is 13.7 Å². The largest absolute Gasteiger partial charge is 0.491 e. The fourth-order valence-corrected chi connectivity index (χ4v) is 1.92. The second-order valence-electron chi connectivity index (χ2n) is 4.95. The van der Waals surface area contributed by atoms with Crippen LogP contribution in [0.15, 0.2) is 36.9 Å². The highest BCUT2D eigenvalue weighted by atomic mass is 16.5. The van der Waals surface area contributed by atoms with Gasteiger partial charge in [-0.2, -0.15) is 0 Å². The highest BCUT2D eigenvalue weighted by Crippen LogP contribution is 2.15. The molecular weight excluding hydrogens is 252 g/mol. The molecule has 1 aromatic carbocycles. The minimum Gasteiger partial charge on any atom is -0.491 e. The molecule has 112 valence electrons. The van der Waals surface area contributed by atoms with Crippen molar-refractivity contribution in [1.82, 2.24) is 0 Å². The van der Waals surface area contributed by atoms with E-state index in [2.05, 4.69) is 25.6 Å². The zero-order valence-corrected chi connectivity index (χ0v) is 12.5. The quantitative estimate of drug-likeness (QED) is 0.667. The van der Waals surface area contributed by atoms with E-state index in [9.17, 15) is 5.11 Å². The fourth-order valence-electron chi connectivity index (χ4n) is 1.92. The van der Waals surface area contributed by atoms with Gasteiger partial charge in [0.05, 0.1) is 12.2 Å². The summed E-state index contributed by atoms with van der Waals surface area (Å²) in [5, 5.41) is 9.52. The monoisotopic (exact) mass is 278 g/mol. The number of aliphatic hydroxyl groups is 1. The maximum Gasteiger partial charge on any atom is 0.119 e. The van der Waals surface area contributed by atoms with Crippen molar-refractivity contribution in [2.24, 2.45) is 0 Å². The van der Waals surface area contributed by atoms with E-state index < -0.39 is 6.10 Å².